The summed E-state index contributed by atoms with van der Waals surface area (Å²) in [6.45, 7) is 3.76. The molecule has 13 heteroatoms. The van der Waals surface area contributed by atoms with Gasteiger partial charge in [0.15, 0.2) is 17.4 Å². The number of hydrazone groups is 1. The maximum atomic E-state index is 14.6. The summed E-state index contributed by atoms with van der Waals surface area (Å²) >= 11 is 0. The third-order valence-corrected chi connectivity index (χ3v) is 6.64. The summed E-state index contributed by atoms with van der Waals surface area (Å²) in [5.41, 5.74) is 1.80. The van der Waals surface area contributed by atoms with E-state index in [2.05, 4.69) is 15.2 Å². The highest BCUT2D eigenvalue weighted by Gasteiger charge is 2.39. The Morgan fingerprint density at radius 2 is 1.74 bits per heavy atom. The molecular weight excluding hydrogens is 515 g/mol. The van der Waals surface area contributed by atoms with Gasteiger partial charge in [-0.05, 0) is 31.5 Å². The molecular formula is C26H26F3N7O3. The van der Waals surface area contributed by atoms with E-state index in [1.165, 1.54) is 43.9 Å². The van der Waals surface area contributed by atoms with Crippen molar-refractivity contribution >= 4 is 18.2 Å². The van der Waals surface area contributed by atoms with E-state index in [1.54, 1.807) is 27.9 Å². The van der Waals surface area contributed by atoms with Crippen LogP contribution in [-0.4, -0.2) is 81.0 Å². The fraction of sp³-hybridized carbons (Fsp3) is 0.346. The first-order chi connectivity index (χ1) is 18.5. The molecule has 2 aliphatic rings. The summed E-state index contributed by atoms with van der Waals surface area (Å²) in [6, 6.07) is 3.43. The monoisotopic (exact) mass is 541 g/mol. The number of pyridine rings is 1. The Balaban J connectivity index is 1.27. The highest BCUT2D eigenvalue weighted by molar-refractivity contribution is 5.96. The van der Waals surface area contributed by atoms with Gasteiger partial charge in [0.05, 0.1) is 42.3 Å². The third-order valence-electron chi connectivity index (χ3n) is 6.64. The van der Waals surface area contributed by atoms with Crippen molar-refractivity contribution in [2.24, 2.45) is 5.10 Å². The number of nitrogens with zero attached hydrogens (tertiary/aromatic N) is 7. The Hall–Kier alpha value is -4.42. The Morgan fingerprint density at radius 1 is 1.05 bits per heavy atom. The molecule has 3 aromatic rings. The number of aromatic nitrogens is 3. The van der Waals surface area contributed by atoms with Crippen molar-refractivity contribution in [3.8, 4) is 11.6 Å². The van der Waals surface area contributed by atoms with E-state index in [4.69, 9.17) is 4.74 Å². The number of carbonyl (C=O) groups is 2. The SMILES string of the molecule is Cc1nn(-c2cc(OC3CN(C(=O)N4N=CC[C@H]4c4cc(F)cc(F)c4)C3)c(F)cn2)c(C)c1C(=O)N(C)C. The van der Waals surface area contributed by atoms with Gasteiger partial charge < -0.3 is 14.5 Å². The molecule has 5 rings (SSSR count). The lowest BCUT2D eigenvalue weighted by Crippen LogP contribution is -2.58. The molecule has 0 N–H and O–H groups in total. The summed E-state index contributed by atoms with van der Waals surface area (Å²) in [6.07, 6.45) is 2.35. The zero-order valence-corrected chi connectivity index (χ0v) is 21.7. The number of hydrogen-bond acceptors (Lipinski definition) is 6. The largest absolute Gasteiger partial charge is 0.483 e. The van der Waals surface area contributed by atoms with Gasteiger partial charge >= 0.3 is 6.03 Å². The van der Waals surface area contributed by atoms with Crippen molar-refractivity contribution in [1.29, 1.82) is 0 Å². The van der Waals surface area contributed by atoms with Crippen LogP contribution in [0.5, 0.6) is 5.75 Å². The average molecular weight is 542 g/mol. The lowest BCUT2D eigenvalue weighted by atomic mass is 10.0. The highest BCUT2D eigenvalue weighted by atomic mass is 19.1. The second-order valence-corrected chi connectivity index (χ2v) is 9.65. The second-order valence-electron chi connectivity index (χ2n) is 9.65. The number of aryl methyl sites for hydroxylation is 1. The van der Waals surface area contributed by atoms with Crippen LogP contribution in [0.15, 0.2) is 35.6 Å². The molecule has 1 aromatic carbocycles. The maximum absolute atomic E-state index is 14.6. The first-order valence-electron chi connectivity index (χ1n) is 12.2. The normalized spacial score (nSPS) is 16.9. The van der Waals surface area contributed by atoms with Crippen molar-refractivity contribution in [3.05, 3.63) is 70.4 Å². The quantitative estimate of drug-likeness (QED) is 0.492. The summed E-state index contributed by atoms with van der Waals surface area (Å²) < 4.78 is 49.3. The van der Waals surface area contributed by atoms with E-state index < -0.39 is 35.6 Å². The minimum Gasteiger partial charge on any atom is -0.483 e. The van der Waals surface area contributed by atoms with E-state index >= 15 is 0 Å². The second kappa shape index (κ2) is 10.0. The van der Waals surface area contributed by atoms with Crippen molar-refractivity contribution < 1.29 is 27.5 Å². The van der Waals surface area contributed by atoms with Gasteiger partial charge in [-0.2, -0.15) is 10.2 Å². The first kappa shape index (κ1) is 26.2. The van der Waals surface area contributed by atoms with Gasteiger partial charge in [-0.1, -0.05) is 0 Å². The molecule has 1 fully saturated rings. The van der Waals surface area contributed by atoms with E-state index in [-0.39, 0.29) is 30.6 Å². The lowest BCUT2D eigenvalue weighted by Gasteiger charge is -2.41. The molecule has 0 bridgehead atoms. The molecule has 2 aromatic heterocycles. The van der Waals surface area contributed by atoms with Crippen molar-refractivity contribution in [2.45, 2.75) is 32.4 Å². The number of halogens is 3. The van der Waals surface area contributed by atoms with Crippen molar-refractivity contribution in [1.82, 2.24) is 29.6 Å². The molecule has 2 aliphatic heterocycles. The topological polar surface area (TPSA) is 96.2 Å². The standard InChI is InChI=1S/C26H26F3N7O3/c1-14-24(25(37)33(3)4)15(2)35(32-14)23-10-22(20(29)11-30-23)39-19-12-34(13-19)26(38)36-21(5-6-31-36)16-7-17(27)9-18(28)8-16/h6-11,19,21H,5,12-13H2,1-4H3/t21-/m0/s1. The zero-order valence-electron chi connectivity index (χ0n) is 21.7. The molecule has 0 spiro atoms. The molecule has 0 unspecified atom stereocenters. The molecule has 0 saturated carbocycles. The van der Waals surface area contributed by atoms with Crippen LogP contribution < -0.4 is 4.74 Å². The third kappa shape index (κ3) is 4.91. The summed E-state index contributed by atoms with van der Waals surface area (Å²) in [7, 11) is 3.29. The van der Waals surface area contributed by atoms with Crippen LogP contribution in [0, 0.1) is 31.3 Å². The van der Waals surface area contributed by atoms with E-state index in [0.717, 1.165) is 12.3 Å². The average Bonchev–Trinajstić information content (AvgIpc) is 3.45. The fourth-order valence-electron chi connectivity index (χ4n) is 4.65. The molecule has 1 saturated heterocycles. The highest BCUT2D eigenvalue weighted by Crippen LogP contribution is 2.32. The first-order valence-corrected chi connectivity index (χ1v) is 12.2. The number of carbonyl (C=O) groups excluding carboxylic acids is 2. The molecule has 10 nitrogen and oxygen atoms in total. The van der Waals surface area contributed by atoms with Crippen LogP contribution in [0.2, 0.25) is 0 Å². The van der Waals surface area contributed by atoms with Gasteiger partial charge in [0.2, 0.25) is 0 Å². The lowest BCUT2D eigenvalue weighted by molar-refractivity contribution is 0.0256. The Bertz CT molecular complexity index is 1460. The van der Waals surface area contributed by atoms with Gasteiger partial charge in [0, 0.05) is 38.9 Å². The van der Waals surface area contributed by atoms with Crippen LogP contribution in [0.1, 0.15) is 39.8 Å². The van der Waals surface area contributed by atoms with Crippen LogP contribution in [0.4, 0.5) is 18.0 Å². The van der Waals surface area contributed by atoms with Crippen LogP contribution in [0.3, 0.4) is 0 Å². The van der Waals surface area contributed by atoms with Crippen molar-refractivity contribution in [2.75, 3.05) is 27.2 Å². The van der Waals surface area contributed by atoms with Gasteiger partial charge in [-0.3, -0.25) is 4.79 Å². The summed E-state index contributed by atoms with van der Waals surface area (Å²) in [5, 5.41) is 9.68. The number of amides is 3. The predicted octanol–water partition coefficient (Wildman–Crippen LogP) is 3.62. The van der Waals surface area contributed by atoms with E-state index in [9.17, 15) is 22.8 Å². The number of hydrogen-bond donors (Lipinski definition) is 0. The van der Waals surface area contributed by atoms with Crippen LogP contribution in [0.25, 0.3) is 5.82 Å². The zero-order chi connectivity index (χ0) is 28.0. The van der Waals surface area contributed by atoms with Crippen LogP contribution >= 0.6 is 0 Å². The molecule has 0 radical (unpaired) electrons. The minimum atomic E-state index is -0.735. The number of rotatable bonds is 5. The van der Waals surface area contributed by atoms with Gasteiger partial charge in [0.25, 0.3) is 5.91 Å². The maximum Gasteiger partial charge on any atom is 0.341 e. The molecule has 1 atom stereocenters. The van der Waals surface area contributed by atoms with E-state index in [1.807, 2.05) is 0 Å². The minimum absolute atomic E-state index is 0.0718. The number of ether oxygens (including phenoxy) is 1. The summed E-state index contributed by atoms with van der Waals surface area (Å²) in [4.78, 5) is 32.6. The number of likely N-dealkylation sites (tertiary alicyclic amines) is 1. The van der Waals surface area contributed by atoms with E-state index in [0.29, 0.717) is 28.9 Å². The fourth-order valence-corrected chi connectivity index (χ4v) is 4.65. The smallest absolute Gasteiger partial charge is 0.341 e. The van der Waals surface area contributed by atoms with Crippen LogP contribution in [-0.2, 0) is 0 Å². The molecule has 204 valence electrons. The Morgan fingerprint density at radius 3 is 2.41 bits per heavy atom. The van der Waals surface area contributed by atoms with Crippen molar-refractivity contribution in [3.63, 3.8) is 0 Å². The molecule has 39 heavy (non-hydrogen) atoms. The molecule has 3 amide bonds. The Kier molecular flexibility index (Phi) is 6.74. The van der Waals surface area contributed by atoms with Gasteiger partial charge in [0.1, 0.15) is 17.7 Å². The van der Waals surface area contributed by atoms with Gasteiger partial charge in [-0.25, -0.2) is 32.6 Å². The number of benzene rings is 1. The predicted molar refractivity (Wildman–Crippen MR) is 134 cm³/mol. The van der Waals surface area contributed by atoms with Gasteiger partial charge in [-0.15, -0.1) is 0 Å². The number of urea groups is 1. The molecule has 4 heterocycles. The molecule has 0 aliphatic carbocycles. The Labute approximate surface area is 222 Å². The summed E-state index contributed by atoms with van der Waals surface area (Å²) in [5.74, 6) is -2.16.